The van der Waals surface area contributed by atoms with Gasteiger partial charge in [0.25, 0.3) is 0 Å². The highest BCUT2D eigenvalue weighted by molar-refractivity contribution is 6.31. The Hall–Kier alpha value is -2.66. The molecule has 0 saturated carbocycles. The van der Waals surface area contributed by atoms with E-state index in [-0.39, 0.29) is 18.2 Å². The lowest BCUT2D eigenvalue weighted by Crippen LogP contribution is -2.18. The summed E-state index contributed by atoms with van der Waals surface area (Å²) in [5.41, 5.74) is 8.41. The van der Waals surface area contributed by atoms with Gasteiger partial charge in [-0.2, -0.15) is 0 Å². The second-order valence-electron chi connectivity index (χ2n) is 6.06. The van der Waals surface area contributed by atoms with Gasteiger partial charge in [-0.15, -0.1) is 0 Å². The number of halogens is 1. The Labute approximate surface area is 149 Å². The van der Waals surface area contributed by atoms with Gasteiger partial charge in [0.2, 0.25) is 5.91 Å². The van der Waals surface area contributed by atoms with Crippen molar-refractivity contribution in [3.05, 3.63) is 58.7 Å². The standard InChI is InChI=1S/C19H17ClN2O3/c20-12-2-3-16-14(8-12)15(10-22-16)13(9-19(21)23)11-1-4-17-18(7-11)25-6-5-24-17/h1-4,7-8,10,13,22H,5-6,9H2,(H2,21,23)/t13-/m0/s1. The van der Waals surface area contributed by atoms with Crippen LogP contribution in [0, 0.1) is 0 Å². The van der Waals surface area contributed by atoms with Crippen molar-refractivity contribution in [1.82, 2.24) is 4.98 Å². The van der Waals surface area contributed by atoms with Crippen LogP contribution in [0.25, 0.3) is 10.9 Å². The summed E-state index contributed by atoms with van der Waals surface area (Å²) in [6, 6.07) is 11.4. The van der Waals surface area contributed by atoms with E-state index in [1.807, 2.05) is 42.6 Å². The highest BCUT2D eigenvalue weighted by Crippen LogP contribution is 2.39. The fourth-order valence-electron chi connectivity index (χ4n) is 3.29. The molecule has 0 radical (unpaired) electrons. The summed E-state index contributed by atoms with van der Waals surface area (Å²) >= 11 is 6.16. The van der Waals surface area contributed by atoms with Crippen LogP contribution in [0.15, 0.2) is 42.6 Å². The third-order valence-electron chi connectivity index (χ3n) is 4.43. The summed E-state index contributed by atoms with van der Waals surface area (Å²) in [5.74, 6) is 0.850. The molecule has 0 unspecified atom stereocenters. The number of benzene rings is 2. The average molecular weight is 357 g/mol. The van der Waals surface area contributed by atoms with Gasteiger partial charge in [0, 0.05) is 34.5 Å². The van der Waals surface area contributed by atoms with Gasteiger partial charge in [0.1, 0.15) is 13.2 Å². The van der Waals surface area contributed by atoms with Gasteiger partial charge >= 0.3 is 0 Å². The third kappa shape index (κ3) is 3.03. The molecule has 1 aliphatic heterocycles. The van der Waals surface area contributed by atoms with E-state index in [0.29, 0.717) is 24.0 Å². The number of H-pyrrole nitrogens is 1. The number of hydrogen-bond donors (Lipinski definition) is 2. The minimum absolute atomic E-state index is 0.194. The Balaban J connectivity index is 1.82. The molecule has 1 aliphatic rings. The van der Waals surface area contributed by atoms with Gasteiger partial charge in [-0.25, -0.2) is 0 Å². The molecular weight excluding hydrogens is 340 g/mol. The maximum absolute atomic E-state index is 11.7. The zero-order valence-corrected chi connectivity index (χ0v) is 14.2. The van der Waals surface area contributed by atoms with Crippen LogP contribution in [-0.4, -0.2) is 24.1 Å². The maximum Gasteiger partial charge on any atom is 0.218 e. The van der Waals surface area contributed by atoms with Crippen LogP contribution in [0.3, 0.4) is 0 Å². The van der Waals surface area contributed by atoms with Gasteiger partial charge in [-0.05, 0) is 41.5 Å². The van der Waals surface area contributed by atoms with Crippen molar-refractivity contribution in [2.45, 2.75) is 12.3 Å². The van der Waals surface area contributed by atoms with E-state index in [2.05, 4.69) is 4.98 Å². The van der Waals surface area contributed by atoms with Crippen LogP contribution in [-0.2, 0) is 4.79 Å². The molecule has 3 aromatic rings. The number of amides is 1. The van der Waals surface area contributed by atoms with Crippen LogP contribution in [0.1, 0.15) is 23.5 Å². The number of nitrogens with two attached hydrogens (primary N) is 1. The molecule has 1 amide bonds. The molecular formula is C19H17ClN2O3. The van der Waals surface area contributed by atoms with Gasteiger partial charge in [0.05, 0.1) is 0 Å². The molecule has 1 aromatic heterocycles. The van der Waals surface area contributed by atoms with E-state index in [0.717, 1.165) is 27.8 Å². The normalized spacial score (nSPS) is 14.4. The summed E-state index contributed by atoms with van der Waals surface area (Å²) in [5, 5.41) is 1.63. The number of carbonyl (C=O) groups excluding carboxylic acids is 1. The highest BCUT2D eigenvalue weighted by Gasteiger charge is 2.23. The molecule has 6 heteroatoms. The molecule has 4 rings (SSSR count). The van der Waals surface area contributed by atoms with Crippen molar-refractivity contribution >= 4 is 28.4 Å². The van der Waals surface area contributed by atoms with Crippen molar-refractivity contribution in [2.75, 3.05) is 13.2 Å². The smallest absolute Gasteiger partial charge is 0.218 e. The molecule has 0 fully saturated rings. The zero-order valence-electron chi connectivity index (χ0n) is 13.4. The molecule has 0 saturated heterocycles. The summed E-state index contributed by atoms with van der Waals surface area (Å²) < 4.78 is 11.2. The molecule has 5 nitrogen and oxygen atoms in total. The lowest BCUT2D eigenvalue weighted by molar-refractivity contribution is -0.118. The Morgan fingerprint density at radius 2 is 1.96 bits per heavy atom. The largest absolute Gasteiger partial charge is 0.486 e. The molecule has 0 spiro atoms. The predicted molar refractivity (Wildman–Crippen MR) is 96.4 cm³/mol. The van der Waals surface area contributed by atoms with Crippen molar-refractivity contribution in [3.63, 3.8) is 0 Å². The summed E-state index contributed by atoms with van der Waals surface area (Å²) in [7, 11) is 0. The highest BCUT2D eigenvalue weighted by atomic mass is 35.5. The SMILES string of the molecule is NC(=O)C[C@@H](c1ccc2c(c1)OCCO2)c1c[nH]c2ccc(Cl)cc12. The predicted octanol–water partition coefficient (Wildman–Crippen LogP) is 3.60. The lowest BCUT2D eigenvalue weighted by atomic mass is 9.88. The Bertz CT molecular complexity index is 951. The minimum Gasteiger partial charge on any atom is -0.486 e. The van der Waals surface area contributed by atoms with Crippen LogP contribution in [0.5, 0.6) is 11.5 Å². The fraction of sp³-hybridized carbons (Fsp3) is 0.211. The van der Waals surface area contributed by atoms with Gasteiger partial charge < -0.3 is 20.2 Å². The molecule has 2 heterocycles. The van der Waals surface area contributed by atoms with Crippen LogP contribution >= 0.6 is 11.6 Å². The molecule has 25 heavy (non-hydrogen) atoms. The number of ether oxygens (including phenoxy) is 2. The maximum atomic E-state index is 11.7. The van der Waals surface area contributed by atoms with Crippen molar-refractivity contribution in [2.24, 2.45) is 5.73 Å². The number of carbonyl (C=O) groups is 1. The van der Waals surface area contributed by atoms with E-state index >= 15 is 0 Å². The summed E-state index contributed by atoms with van der Waals surface area (Å²) in [6.45, 7) is 1.05. The van der Waals surface area contributed by atoms with Crippen LogP contribution in [0.2, 0.25) is 5.02 Å². The van der Waals surface area contributed by atoms with Crippen LogP contribution < -0.4 is 15.2 Å². The zero-order chi connectivity index (χ0) is 17.4. The summed E-state index contributed by atoms with van der Waals surface area (Å²) in [4.78, 5) is 14.9. The molecule has 0 aliphatic carbocycles. The number of rotatable bonds is 4. The third-order valence-corrected chi connectivity index (χ3v) is 4.66. The monoisotopic (exact) mass is 356 g/mol. The first-order chi connectivity index (χ1) is 12.1. The number of nitrogens with one attached hydrogen (secondary N) is 1. The minimum atomic E-state index is -0.365. The molecule has 1 atom stereocenters. The molecule has 2 aromatic carbocycles. The molecule has 0 bridgehead atoms. The summed E-state index contributed by atoms with van der Waals surface area (Å²) in [6.07, 6.45) is 2.10. The topological polar surface area (TPSA) is 77.3 Å². The number of primary amides is 1. The van der Waals surface area contributed by atoms with Gasteiger partial charge in [-0.1, -0.05) is 17.7 Å². The number of hydrogen-bond acceptors (Lipinski definition) is 3. The van der Waals surface area contributed by atoms with Crippen molar-refractivity contribution < 1.29 is 14.3 Å². The van der Waals surface area contributed by atoms with Crippen molar-refractivity contribution in [3.8, 4) is 11.5 Å². The Morgan fingerprint density at radius 3 is 2.76 bits per heavy atom. The van der Waals surface area contributed by atoms with E-state index in [1.54, 1.807) is 0 Å². The van der Waals surface area contributed by atoms with Gasteiger partial charge in [-0.3, -0.25) is 4.79 Å². The second-order valence-corrected chi connectivity index (χ2v) is 6.50. The number of aromatic nitrogens is 1. The fourth-order valence-corrected chi connectivity index (χ4v) is 3.46. The van der Waals surface area contributed by atoms with E-state index in [9.17, 15) is 4.79 Å². The molecule has 128 valence electrons. The first-order valence-corrected chi connectivity index (χ1v) is 8.44. The Morgan fingerprint density at radius 1 is 1.16 bits per heavy atom. The Kier molecular flexibility index (Phi) is 4.01. The first-order valence-electron chi connectivity index (χ1n) is 8.06. The lowest BCUT2D eigenvalue weighted by Gasteiger charge is -2.21. The van der Waals surface area contributed by atoms with E-state index in [4.69, 9.17) is 26.8 Å². The van der Waals surface area contributed by atoms with Crippen LogP contribution in [0.4, 0.5) is 0 Å². The quantitative estimate of drug-likeness (QED) is 0.749. The average Bonchev–Trinajstić information content (AvgIpc) is 3.02. The number of fused-ring (bicyclic) bond motifs is 2. The van der Waals surface area contributed by atoms with Crippen molar-refractivity contribution in [1.29, 1.82) is 0 Å². The number of aromatic amines is 1. The first kappa shape index (κ1) is 15.8. The van der Waals surface area contributed by atoms with Gasteiger partial charge in [0.15, 0.2) is 11.5 Å². The molecule has 3 N–H and O–H groups in total. The van der Waals surface area contributed by atoms with E-state index in [1.165, 1.54) is 0 Å². The van der Waals surface area contributed by atoms with E-state index < -0.39 is 0 Å². The second kappa shape index (κ2) is 6.33.